The minimum absolute atomic E-state index is 0.0696. The summed E-state index contributed by atoms with van der Waals surface area (Å²) in [4.78, 5) is 13.6. The maximum Gasteiger partial charge on any atom is 0.391 e. The Balaban J connectivity index is 1.88. The molecule has 0 radical (unpaired) electrons. The molecule has 1 aliphatic rings. The van der Waals surface area contributed by atoms with Crippen molar-refractivity contribution >= 4 is 5.91 Å². The Bertz CT molecular complexity index is 507. The topological polar surface area (TPSA) is 46.3 Å². The second-order valence-electron chi connectivity index (χ2n) is 5.58. The number of halogens is 4. The van der Waals surface area contributed by atoms with E-state index in [0.29, 0.717) is 5.56 Å². The molecule has 1 fully saturated rings. The highest BCUT2D eigenvalue weighted by Gasteiger charge is 2.42. The lowest BCUT2D eigenvalue weighted by atomic mass is 9.95. The number of benzene rings is 1. The number of alkyl halides is 3. The molecule has 0 aliphatic carbocycles. The average molecular weight is 318 g/mol. The van der Waals surface area contributed by atoms with E-state index in [2.05, 4.69) is 0 Å². The highest BCUT2D eigenvalue weighted by atomic mass is 19.4. The Morgan fingerprint density at radius 3 is 2.27 bits per heavy atom. The number of likely N-dealkylation sites (tertiary alicyclic amines) is 1. The minimum atomic E-state index is -4.20. The number of rotatable bonds is 3. The molecular formula is C15H18F4N2O. The van der Waals surface area contributed by atoms with E-state index in [-0.39, 0.29) is 44.1 Å². The molecule has 1 saturated heterocycles. The summed E-state index contributed by atoms with van der Waals surface area (Å²) in [5.41, 5.74) is 6.55. The Kier molecular flexibility index (Phi) is 5.05. The molecule has 7 heteroatoms. The smallest absolute Gasteiger partial charge is 0.341 e. The molecule has 0 saturated carbocycles. The van der Waals surface area contributed by atoms with Crippen molar-refractivity contribution < 1.29 is 22.4 Å². The van der Waals surface area contributed by atoms with Gasteiger partial charge >= 0.3 is 6.18 Å². The number of hydrogen-bond acceptors (Lipinski definition) is 2. The van der Waals surface area contributed by atoms with Gasteiger partial charge in [0.1, 0.15) is 5.82 Å². The summed E-state index contributed by atoms with van der Waals surface area (Å²) in [6.45, 7) is 0.139. The molecule has 0 bridgehead atoms. The van der Waals surface area contributed by atoms with Crippen molar-refractivity contribution in [2.24, 2.45) is 11.7 Å². The Morgan fingerprint density at radius 2 is 1.77 bits per heavy atom. The van der Waals surface area contributed by atoms with E-state index in [1.165, 1.54) is 17.0 Å². The van der Waals surface area contributed by atoms with Gasteiger partial charge in [-0.1, -0.05) is 12.1 Å². The van der Waals surface area contributed by atoms with E-state index in [9.17, 15) is 22.4 Å². The molecule has 0 spiro atoms. The van der Waals surface area contributed by atoms with Gasteiger partial charge in [-0.2, -0.15) is 13.2 Å². The van der Waals surface area contributed by atoms with Crippen molar-refractivity contribution in [1.29, 1.82) is 0 Å². The first kappa shape index (κ1) is 16.7. The average Bonchev–Trinajstić information content (AvgIpc) is 2.48. The van der Waals surface area contributed by atoms with Crippen molar-refractivity contribution in [3.05, 3.63) is 35.6 Å². The molecule has 0 aromatic heterocycles. The van der Waals surface area contributed by atoms with Crippen LogP contribution in [0.25, 0.3) is 0 Å². The van der Waals surface area contributed by atoms with Crippen LogP contribution < -0.4 is 5.73 Å². The fourth-order valence-electron chi connectivity index (χ4n) is 2.62. The van der Waals surface area contributed by atoms with Crippen LogP contribution in [-0.2, 0) is 11.2 Å². The van der Waals surface area contributed by atoms with Crippen LogP contribution in [0.2, 0.25) is 0 Å². The highest BCUT2D eigenvalue weighted by molar-refractivity contribution is 5.82. The Hall–Kier alpha value is -1.63. The molecule has 3 nitrogen and oxygen atoms in total. The Morgan fingerprint density at radius 1 is 1.23 bits per heavy atom. The van der Waals surface area contributed by atoms with Crippen molar-refractivity contribution in [3.63, 3.8) is 0 Å². The largest absolute Gasteiger partial charge is 0.391 e. The van der Waals surface area contributed by atoms with Crippen molar-refractivity contribution in [2.75, 3.05) is 13.1 Å². The third kappa shape index (κ3) is 4.19. The van der Waals surface area contributed by atoms with Crippen molar-refractivity contribution in [3.8, 4) is 0 Å². The summed E-state index contributed by atoms with van der Waals surface area (Å²) in [6.07, 6.45) is -4.14. The van der Waals surface area contributed by atoms with Crippen LogP contribution in [-0.4, -0.2) is 36.1 Å². The molecule has 2 N–H and O–H groups in total. The Labute approximate surface area is 126 Å². The third-order valence-corrected chi connectivity index (χ3v) is 3.96. The number of nitrogens with zero attached hydrogens (tertiary/aromatic N) is 1. The highest BCUT2D eigenvalue weighted by Crippen LogP contribution is 2.34. The molecule has 0 unspecified atom stereocenters. The van der Waals surface area contributed by atoms with Crippen molar-refractivity contribution in [2.45, 2.75) is 31.5 Å². The van der Waals surface area contributed by atoms with Crippen LogP contribution in [0.1, 0.15) is 18.4 Å². The predicted octanol–water partition coefficient (Wildman–Crippen LogP) is 2.50. The van der Waals surface area contributed by atoms with Gasteiger partial charge < -0.3 is 10.6 Å². The molecule has 1 heterocycles. The van der Waals surface area contributed by atoms with Gasteiger partial charge in [-0.05, 0) is 37.0 Å². The molecule has 1 aromatic rings. The van der Waals surface area contributed by atoms with Crippen LogP contribution in [0.4, 0.5) is 17.6 Å². The van der Waals surface area contributed by atoms with Crippen LogP contribution in [0, 0.1) is 11.7 Å². The van der Waals surface area contributed by atoms with Crippen LogP contribution >= 0.6 is 0 Å². The molecular weight excluding hydrogens is 300 g/mol. The lowest BCUT2D eigenvalue weighted by molar-refractivity contribution is -0.186. The summed E-state index contributed by atoms with van der Waals surface area (Å²) >= 11 is 0. The van der Waals surface area contributed by atoms with Gasteiger partial charge in [-0.25, -0.2) is 4.39 Å². The minimum Gasteiger partial charge on any atom is -0.341 e. The molecule has 1 amide bonds. The SMILES string of the molecule is N[C@@H](Cc1ccc(F)cc1)C(=O)N1CCC(C(F)(F)F)CC1. The zero-order valence-electron chi connectivity index (χ0n) is 11.9. The third-order valence-electron chi connectivity index (χ3n) is 3.96. The van der Waals surface area contributed by atoms with E-state index >= 15 is 0 Å². The summed E-state index contributed by atoms with van der Waals surface area (Å²) in [5.74, 6) is -2.08. The standard InChI is InChI=1S/C15H18F4N2O/c16-12-3-1-10(2-4-12)9-13(20)14(22)21-7-5-11(6-8-21)15(17,18)19/h1-4,11,13H,5-9,20H2/t13-/m0/s1. The first-order chi connectivity index (χ1) is 10.3. The molecule has 1 atom stereocenters. The summed E-state index contributed by atoms with van der Waals surface area (Å²) in [7, 11) is 0. The normalized spacial score (nSPS) is 18.3. The fourth-order valence-corrected chi connectivity index (χ4v) is 2.62. The van der Waals surface area contributed by atoms with Crippen LogP contribution in [0.5, 0.6) is 0 Å². The number of carbonyl (C=O) groups excluding carboxylic acids is 1. The van der Waals surface area contributed by atoms with E-state index in [0.717, 1.165) is 0 Å². The second-order valence-corrected chi connectivity index (χ2v) is 5.58. The van der Waals surface area contributed by atoms with Gasteiger partial charge in [0, 0.05) is 13.1 Å². The number of piperidine rings is 1. The summed E-state index contributed by atoms with van der Waals surface area (Å²) < 4.78 is 50.6. The lowest BCUT2D eigenvalue weighted by Crippen LogP contribution is -2.49. The van der Waals surface area contributed by atoms with Gasteiger partial charge in [0.15, 0.2) is 0 Å². The van der Waals surface area contributed by atoms with Crippen LogP contribution in [0.15, 0.2) is 24.3 Å². The number of hydrogen-bond donors (Lipinski definition) is 1. The number of nitrogens with two attached hydrogens (primary N) is 1. The maximum absolute atomic E-state index is 12.8. The van der Waals surface area contributed by atoms with E-state index in [4.69, 9.17) is 5.73 Å². The first-order valence-electron chi connectivity index (χ1n) is 7.13. The van der Waals surface area contributed by atoms with E-state index in [1.807, 2.05) is 0 Å². The van der Waals surface area contributed by atoms with Gasteiger partial charge in [-0.3, -0.25) is 4.79 Å². The monoisotopic (exact) mass is 318 g/mol. The zero-order valence-corrected chi connectivity index (χ0v) is 11.9. The molecule has 22 heavy (non-hydrogen) atoms. The van der Waals surface area contributed by atoms with Crippen molar-refractivity contribution in [1.82, 2.24) is 4.90 Å². The summed E-state index contributed by atoms with van der Waals surface area (Å²) in [5, 5.41) is 0. The first-order valence-corrected chi connectivity index (χ1v) is 7.13. The van der Waals surface area contributed by atoms with E-state index in [1.54, 1.807) is 12.1 Å². The molecule has 2 rings (SSSR count). The van der Waals surface area contributed by atoms with Gasteiger partial charge in [0.25, 0.3) is 0 Å². The predicted molar refractivity (Wildman–Crippen MR) is 73.4 cm³/mol. The lowest BCUT2D eigenvalue weighted by Gasteiger charge is -2.34. The fraction of sp³-hybridized carbons (Fsp3) is 0.533. The summed E-state index contributed by atoms with van der Waals surface area (Å²) in [6, 6.07) is 4.81. The van der Waals surface area contributed by atoms with E-state index < -0.39 is 18.1 Å². The second kappa shape index (κ2) is 6.64. The molecule has 122 valence electrons. The zero-order chi connectivity index (χ0) is 16.3. The quantitative estimate of drug-likeness (QED) is 0.871. The molecule has 1 aliphatic heterocycles. The van der Waals surface area contributed by atoms with Gasteiger partial charge in [0.05, 0.1) is 12.0 Å². The molecule has 1 aromatic carbocycles. The maximum atomic E-state index is 12.8. The van der Waals surface area contributed by atoms with Gasteiger partial charge in [-0.15, -0.1) is 0 Å². The van der Waals surface area contributed by atoms with Gasteiger partial charge in [0.2, 0.25) is 5.91 Å². The van der Waals surface area contributed by atoms with Crippen LogP contribution in [0.3, 0.4) is 0 Å². The number of amides is 1. The number of carbonyl (C=O) groups is 1.